The second kappa shape index (κ2) is 8.83. The Morgan fingerprint density at radius 3 is 2.43 bits per heavy atom. The first-order valence-electron chi connectivity index (χ1n) is 9.09. The number of nitrogens with one attached hydrogen (secondary N) is 1. The van der Waals surface area contributed by atoms with E-state index in [1.807, 2.05) is 24.3 Å². The van der Waals surface area contributed by atoms with Gasteiger partial charge in [-0.2, -0.15) is 9.57 Å². The quantitative estimate of drug-likeness (QED) is 0.620. The van der Waals surface area contributed by atoms with Crippen molar-refractivity contribution in [3.05, 3.63) is 65.7 Å². The van der Waals surface area contributed by atoms with E-state index in [4.69, 9.17) is 0 Å². The van der Waals surface area contributed by atoms with Crippen molar-refractivity contribution in [2.75, 3.05) is 18.4 Å². The number of piperidine rings is 1. The van der Waals surface area contributed by atoms with Crippen LogP contribution in [0.2, 0.25) is 0 Å². The maximum Gasteiger partial charge on any atom is 0.266 e. The standard InChI is InChI=1S/C21H21N3O3S/c22-16-18(14-17-8-3-1-4-9-17)21(25)23-19-10-7-11-20(15-19)28(26,27)24-12-5-2-6-13-24/h1,3-4,7-11,14-15H,2,5-6,12-13H2,(H,23,25). The monoisotopic (exact) mass is 395 g/mol. The number of carbonyl (C=O) groups excluding carboxylic acids is 1. The van der Waals surface area contributed by atoms with Crippen LogP contribution in [0.25, 0.3) is 6.08 Å². The largest absolute Gasteiger partial charge is 0.321 e. The molecule has 2 aromatic carbocycles. The van der Waals surface area contributed by atoms with Gasteiger partial charge in [-0.15, -0.1) is 0 Å². The average Bonchev–Trinajstić information content (AvgIpc) is 2.73. The molecule has 1 amide bonds. The summed E-state index contributed by atoms with van der Waals surface area (Å²) in [6.45, 7) is 1.02. The predicted octanol–water partition coefficient (Wildman–Crippen LogP) is 3.41. The number of carbonyl (C=O) groups is 1. The molecule has 7 heteroatoms. The molecule has 1 heterocycles. The van der Waals surface area contributed by atoms with Crippen LogP contribution in [0, 0.1) is 11.3 Å². The van der Waals surface area contributed by atoms with E-state index in [0.717, 1.165) is 24.8 Å². The molecule has 0 radical (unpaired) electrons. The van der Waals surface area contributed by atoms with E-state index < -0.39 is 15.9 Å². The molecule has 6 nitrogen and oxygen atoms in total. The summed E-state index contributed by atoms with van der Waals surface area (Å²) in [6.07, 6.45) is 4.23. The molecule has 0 unspecified atom stereocenters. The highest BCUT2D eigenvalue weighted by Gasteiger charge is 2.26. The Hall–Kier alpha value is -2.95. The highest BCUT2D eigenvalue weighted by molar-refractivity contribution is 7.89. The smallest absolute Gasteiger partial charge is 0.266 e. The second-order valence-corrected chi connectivity index (χ2v) is 8.47. The number of hydrogen-bond acceptors (Lipinski definition) is 4. The molecule has 3 rings (SSSR count). The molecule has 28 heavy (non-hydrogen) atoms. The van der Waals surface area contributed by atoms with E-state index in [1.54, 1.807) is 24.3 Å². The zero-order chi connectivity index (χ0) is 20.0. The number of sulfonamides is 1. The van der Waals surface area contributed by atoms with E-state index in [-0.39, 0.29) is 10.5 Å². The van der Waals surface area contributed by atoms with E-state index in [2.05, 4.69) is 5.32 Å². The summed E-state index contributed by atoms with van der Waals surface area (Å²) in [4.78, 5) is 12.6. The summed E-state index contributed by atoms with van der Waals surface area (Å²) in [6, 6.07) is 17.1. The maximum atomic E-state index is 12.8. The van der Waals surface area contributed by atoms with Gasteiger partial charge in [-0.25, -0.2) is 8.42 Å². The van der Waals surface area contributed by atoms with Gasteiger partial charge in [-0.05, 0) is 42.7 Å². The van der Waals surface area contributed by atoms with Crippen molar-refractivity contribution in [1.82, 2.24) is 4.31 Å². The molecule has 1 aliphatic heterocycles. The Morgan fingerprint density at radius 1 is 1.04 bits per heavy atom. The van der Waals surface area contributed by atoms with Crippen LogP contribution in [0.4, 0.5) is 5.69 Å². The number of hydrogen-bond donors (Lipinski definition) is 1. The van der Waals surface area contributed by atoms with Crippen LogP contribution in [-0.2, 0) is 14.8 Å². The van der Waals surface area contributed by atoms with E-state index in [1.165, 1.54) is 22.5 Å². The fourth-order valence-electron chi connectivity index (χ4n) is 3.05. The van der Waals surface area contributed by atoms with E-state index in [0.29, 0.717) is 18.8 Å². The summed E-state index contributed by atoms with van der Waals surface area (Å²) < 4.78 is 27.1. The van der Waals surface area contributed by atoms with Crippen molar-refractivity contribution in [3.8, 4) is 6.07 Å². The summed E-state index contributed by atoms with van der Waals surface area (Å²) in [5.41, 5.74) is 1.00. The Balaban J connectivity index is 1.79. The number of amides is 1. The minimum atomic E-state index is -3.59. The van der Waals surface area contributed by atoms with Crippen molar-refractivity contribution in [2.45, 2.75) is 24.2 Å². The Bertz CT molecular complexity index is 1020. The van der Waals surface area contributed by atoms with Gasteiger partial charge in [0.1, 0.15) is 11.6 Å². The van der Waals surface area contributed by atoms with Gasteiger partial charge in [0.25, 0.3) is 5.91 Å². The Morgan fingerprint density at radius 2 is 1.75 bits per heavy atom. The number of benzene rings is 2. The fraction of sp³-hybridized carbons (Fsp3) is 0.238. The summed E-state index contributed by atoms with van der Waals surface area (Å²) in [5.74, 6) is -0.584. The third-order valence-corrected chi connectivity index (χ3v) is 6.42. The molecule has 1 fully saturated rings. The topological polar surface area (TPSA) is 90.3 Å². The van der Waals surface area contributed by atoms with Gasteiger partial charge in [0.15, 0.2) is 0 Å². The molecule has 0 spiro atoms. The van der Waals surface area contributed by atoms with Gasteiger partial charge >= 0.3 is 0 Å². The lowest BCUT2D eigenvalue weighted by molar-refractivity contribution is -0.112. The summed E-state index contributed by atoms with van der Waals surface area (Å²) in [5, 5.41) is 11.9. The Labute approximate surface area is 165 Å². The van der Waals surface area contributed by atoms with Crippen LogP contribution in [0.15, 0.2) is 65.1 Å². The molecular weight excluding hydrogens is 374 g/mol. The third-order valence-electron chi connectivity index (χ3n) is 4.52. The summed E-state index contributed by atoms with van der Waals surface area (Å²) in [7, 11) is -3.59. The highest BCUT2D eigenvalue weighted by atomic mass is 32.2. The SMILES string of the molecule is N#CC(=Cc1ccccc1)C(=O)Nc1cccc(S(=O)(=O)N2CCCCC2)c1. The fourth-order valence-corrected chi connectivity index (χ4v) is 4.62. The zero-order valence-electron chi connectivity index (χ0n) is 15.3. The molecule has 0 aliphatic carbocycles. The molecule has 1 aliphatic rings. The molecular formula is C21H21N3O3S. The van der Waals surface area contributed by atoms with Crippen LogP contribution in [0.1, 0.15) is 24.8 Å². The minimum absolute atomic E-state index is 0.0597. The van der Waals surface area contributed by atoms with Crippen molar-refractivity contribution >= 4 is 27.7 Å². The average molecular weight is 395 g/mol. The molecule has 2 aromatic rings. The van der Waals surface area contributed by atoms with Gasteiger partial charge in [-0.1, -0.05) is 42.8 Å². The first kappa shape index (κ1) is 19.8. The molecule has 0 saturated carbocycles. The van der Waals surface area contributed by atoms with E-state index >= 15 is 0 Å². The number of rotatable bonds is 5. The van der Waals surface area contributed by atoms with Crippen LogP contribution in [0.3, 0.4) is 0 Å². The maximum absolute atomic E-state index is 12.8. The van der Waals surface area contributed by atoms with Gasteiger partial charge in [0.05, 0.1) is 4.90 Å². The number of anilines is 1. The molecule has 1 saturated heterocycles. The minimum Gasteiger partial charge on any atom is -0.321 e. The Kier molecular flexibility index (Phi) is 6.24. The molecule has 144 valence electrons. The molecule has 0 atom stereocenters. The third kappa shape index (κ3) is 4.66. The zero-order valence-corrected chi connectivity index (χ0v) is 16.2. The van der Waals surface area contributed by atoms with Crippen molar-refractivity contribution < 1.29 is 13.2 Å². The number of nitrogens with zero attached hydrogens (tertiary/aromatic N) is 2. The highest BCUT2D eigenvalue weighted by Crippen LogP contribution is 2.23. The first-order chi connectivity index (χ1) is 13.5. The lowest BCUT2D eigenvalue weighted by Gasteiger charge is -2.26. The van der Waals surface area contributed by atoms with Crippen molar-refractivity contribution in [1.29, 1.82) is 5.26 Å². The lowest BCUT2D eigenvalue weighted by atomic mass is 10.1. The normalized spacial score (nSPS) is 15.6. The van der Waals surface area contributed by atoms with Crippen LogP contribution in [0.5, 0.6) is 0 Å². The van der Waals surface area contributed by atoms with Gasteiger partial charge in [-0.3, -0.25) is 4.79 Å². The number of nitriles is 1. The van der Waals surface area contributed by atoms with Gasteiger partial charge in [0, 0.05) is 18.8 Å². The van der Waals surface area contributed by atoms with Crippen molar-refractivity contribution in [3.63, 3.8) is 0 Å². The second-order valence-electron chi connectivity index (χ2n) is 6.53. The summed E-state index contributed by atoms with van der Waals surface area (Å²) >= 11 is 0. The van der Waals surface area contributed by atoms with Gasteiger partial charge in [0.2, 0.25) is 10.0 Å². The molecule has 0 aromatic heterocycles. The van der Waals surface area contributed by atoms with Crippen LogP contribution in [-0.4, -0.2) is 31.7 Å². The molecule has 0 bridgehead atoms. The van der Waals surface area contributed by atoms with E-state index in [9.17, 15) is 18.5 Å². The van der Waals surface area contributed by atoms with Crippen LogP contribution < -0.4 is 5.32 Å². The van der Waals surface area contributed by atoms with Crippen molar-refractivity contribution in [2.24, 2.45) is 0 Å². The van der Waals surface area contributed by atoms with Crippen LogP contribution >= 0.6 is 0 Å². The predicted molar refractivity (Wildman–Crippen MR) is 108 cm³/mol. The molecule has 1 N–H and O–H groups in total. The first-order valence-corrected chi connectivity index (χ1v) is 10.5. The lowest BCUT2D eigenvalue weighted by Crippen LogP contribution is -2.35. The van der Waals surface area contributed by atoms with Gasteiger partial charge < -0.3 is 5.32 Å².